The Hall–Kier alpha value is -1.82. The monoisotopic (exact) mass is 509 g/mol. The first kappa shape index (κ1) is 34.2. The Morgan fingerprint density at radius 1 is 0.722 bits per heavy atom. The fourth-order valence-corrected chi connectivity index (χ4v) is 3.67. The largest absolute Gasteiger partial charge is 0.508 e. The third-order valence-corrected chi connectivity index (χ3v) is 6.08. The summed E-state index contributed by atoms with van der Waals surface area (Å²) in [7, 11) is 0. The Morgan fingerprint density at radius 2 is 1.33 bits per heavy atom. The van der Waals surface area contributed by atoms with Crippen molar-refractivity contribution in [2.24, 2.45) is 5.92 Å². The number of carbonyl (C=O) groups excluding carboxylic acids is 2. The molecule has 1 unspecified atom stereocenters. The summed E-state index contributed by atoms with van der Waals surface area (Å²) in [5.74, 6) is -0.228. The summed E-state index contributed by atoms with van der Waals surface area (Å²) >= 11 is 0. The molecular formula is C30H55NO5. The predicted molar refractivity (Wildman–Crippen MR) is 149 cm³/mol. The molecule has 0 rings (SSSR count). The summed E-state index contributed by atoms with van der Waals surface area (Å²) in [6.45, 7) is 12.0. The maximum absolute atomic E-state index is 11.9. The number of hydrogen-bond donors (Lipinski definition) is 0. The molecule has 0 fully saturated rings. The van der Waals surface area contributed by atoms with Gasteiger partial charge < -0.3 is 19.1 Å². The Bertz CT molecular complexity index is 572. The fourth-order valence-electron chi connectivity index (χ4n) is 3.67. The van der Waals surface area contributed by atoms with E-state index in [9.17, 15) is 9.59 Å². The number of rotatable bonds is 24. The van der Waals surface area contributed by atoms with Crippen LogP contribution in [-0.4, -0.2) is 56.5 Å². The van der Waals surface area contributed by atoms with E-state index >= 15 is 0 Å². The molecule has 6 heteroatoms. The molecular weight excluding hydrogens is 454 g/mol. The van der Waals surface area contributed by atoms with Crippen LogP contribution in [0.5, 0.6) is 0 Å². The molecule has 0 aliphatic rings. The minimum absolute atomic E-state index is 0.0539. The molecule has 210 valence electrons. The van der Waals surface area contributed by atoms with E-state index in [2.05, 4.69) is 50.0 Å². The molecule has 0 saturated carbocycles. The van der Waals surface area contributed by atoms with E-state index in [1.165, 1.54) is 38.5 Å². The van der Waals surface area contributed by atoms with Crippen molar-refractivity contribution in [1.82, 2.24) is 4.90 Å². The summed E-state index contributed by atoms with van der Waals surface area (Å²) in [6.07, 6.45) is 22.5. The number of carbonyl (C=O) groups is 2. The van der Waals surface area contributed by atoms with E-state index in [4.69, 9.17) is 14.2 Å². The molecule has 0 aliphatic carbocycles. The number of ether oxygens (including phenoxy) is 3. The lowest BCUT2D eigenvalue weighted by Gasteiger charge is -2.17. The van der Waals surface area contributed by atoms with Crippen LogP contribution < -0.4 is 0 Å². The first-order valence-corrected chi connectivity index (χ1v) is 14.5. The van der Waals surface area contributed by atoms with Gasteiger partial charge in [0.05, 0.1) is 13.2 Å². The van der Waals surface area contributed by atoms with E-state index in [0.29, 0.717) is 13.0 Å². The molecule has 0 heterocycles. The molecule has 0 aromatic heterocycles. The van der Waals surface area contributed by atoms with Gasteiger partial charge in [0.1, 0.15) is 6.61 Å². The van der Waals surface area contributed by atoms with Crippen LogP contribution >= 0.6 is 0 Å². The highest BCUT2D eigenvalue weighted by molar-refractivity contribution is 5.69. The standard InChI is InChI=1S/C30H55NO5/c1-5-8-9-10-11-12-13-14-15-16-17-18-19-20-21-23-29(32)35-26-28(4)27-36-30(33)34-25-22-24-31(6-2)7-3/h11-12,14-15,28H,5-10,13,16-27H2,1-4H3/b12-11-,15-14-. The van der Waals surface area contributed by atoms with E-state index in [0.717, 1.165) is 58.2 Å². The van der Waals surface area contributed by atoms with Crippen molar-refractivity contribution >= 4 is 12.1 Å². The van der Waals surface area contributed by atoms with Crippen molar-refractivity contribution in [1.29, 1.82) is 0 Å². The average molecular weight is 510 g/mol. The Kier molecular flexibility index (Phi) is 24.9. The molecule has 0 radical (unpaired) electrons. The number of allylic oxidation sites excluding steroid dienone is 4. The molecule has 0 aromatic rings. The molecule has 0 aromatic carbocycles. The molecule has 36 heavy (non-hydrogen) atoms. The van der Waals surface area contributed by atoms with Crippen LogP contribution in [0, 0.1) is 5.92 Å². The lowest BCUT2D eigenvalue weighted by atomic mass is 10.1. The van der Waals surface area contributed by atoms with Crippen LogP contribution in [0.2, 0.25) is 0 Å². The van der Waals surface area contributed by atoms with Gasteiger partial charge in [0.25, 0.3) is 0 Å². The third kappa shape index (κ3) is 23.9. The lowest BCUT2D eigenvalue weighted by molar-refractivity contribution is -0.145. The second-order valence-corrected chi connectivity index (χ2v) is 9.56. The zero-order valence-corrected chi connectivity index (χ0v) is 23.8. The van der Waals surface area contributed by atoms with Crippen molar-refractivity contribution in [3.05, 3.63) is 24.3 Å². The van der Waals surface area contributed by atoms with E-state index in [-0.39, 0.29) is 25.1 Å². The van der Waals surface area contributed by atoms with E-state index in [1.807, 2.05) is 6.92 Å². The van der Waals surface area contributed by atoms with E-state index < -0.39 is 6.16 Å². The van der Waals surface area contributed by atoms with Gasteiger partial charge in [-0.1, -0.05) is 84.1 Å². The number of unbranched alkanes of at least 4 members (excludes halogenated alkanes) is 8. The summed E-state index contributed by atoms with van der Waals surface area (Å²) in [5.41, 5.74) is 0. The lowest BCUT2D eigenvalue weighted by Crippen LogP contribution is -2.25. The van der Waals surface area contributed by atoms with Gasteiger partial charge in [-0.3, -0.25) is 4.79 Å². The van der Waals surface area contributed by atoms with Crippen LogP contribution in [0.15, 0.2) is 24.3 Å². The summed E-state index contributed by atoms with van der Waals surface area (Å²) in [4.78, 5) is 25.9. The normalized spacial score (nSPS) is 12.5. The SMILES string of the molecule is CCCCC/C=C\C/C=C\CCCCCCCC(=O)OCC(C)COC(=O)OCCCN(CC)CC. The summed E-state index contributed by atoms with van der Waals surface area (Å²) in [6, 6.07) is 0. The molecule has 0 aliphatic heterocycles. The van der Waals surface area contributed by atoms with Gasteiger partial charge in [-0.25, -0.2) is 4.79 Å². The zero-order valence-electron chi connectivity index (χ0n) is 23.8. The smallest absolute Gasteiger partial charge is 0.465 e. The van der Waals surface area contributed by atoms with Crippen molar-refractivity contribution in [3.63, 3.8) is 0 Å². The van der Waals surface area contributed by atoms with Crippen LogP contribution in [0.25, 0.3) is 0 Å². The van der Waals surface area contributed by atoms with Crippen molar-refractivity contribution in [2.75, 3.05) is 39.5 Å². The van der Waals surface area contributed by atoms with Crippen LogP contribution in [-0.2, 0) is 19.0 Å². The predicted octanol–water partition coefficient (Wildman–Crippen LogP) is 7.86. The van der Waals surface area contributed by atoms with Gasteiger partial charge in [0.2, 0.25) is 0 Å². The zero-order chi connectivity index (χ0) is 26.7. The molecule has 0 N–H and O–H groups in total. The number of hydrogen-bond acceptors (Lipinski definition) is 6. The quantitative estimate of drug-likeness (QED) is 0.0749. The first-order chi connectivity index (χ1) is 17.5. The van der Waals surface area contributed by atoms with Crippen LogP contribution in [0.3, 0.4) is 0 Å². The molecule has 0 spiro atoms. The van der Waals surface area contributed by atoms with E-state index in [1.54, 1.807) is 0 Å². The molecule has 0 saturated heterocycles. The first-order valence-electron chi connectivity index (χ1n) is 14.5. The molecule has 0 bridgehead atoms. The van der Waals surface area contributed by atoms with Gasteiger partial charge in [-0.2, -0.15) is 0 Å². The van der Waals surface area contributed by atoms with Gasteiger partial charge in [0, 0.05) is 18.9 Å². The fraction of sp³-hybridized carbons (Fsp3) is 0.800. The maximum Gasteiger partial charge on any atom is 0.508 e. The maximum atomic E-state index is 11.9. The Labute approximate surface area is 221 Å². The highest BCUT2D eigenvalue weighted by Gasteiger charge is 2.11. The van der Waals surface area contributed by atoms with Gasteiger partial charge in [0.15, 0.2) is 0 Å². The second kappa shape index (κ2) is 26.2. The summed E-state index contributed by atoms with van der Waals surface area (Å²) < 4.78 is 15.5. The minimum atomic E-state index is -0.655. The highest BCUT2D eigenvalue weighted by atomic mass is 16.7. The van der Waals surface area contributed by atoms with Crippen LogP contribution in [0.1, 0.15) is 111 Å². The van der Waals surface area contributed by atoms with Crippen LogP contribution in [0.4, 0.5) is 4.79 Å². The van der Waals surface area contributed by atoms with Gasteiger partial charge >= 0.3 is 12.1 Å². The number of esters is 1. The Morgan fingerprint density at radius 3 is 2.00 bits per heavy atom. The summed E-state index contributed by atoms with van der Waals surface area (Å²) in [5, 5.41) is 0. The molecule has 6 nitrogen and oxygen atoms in total. The Balaban J connectivity index is 3.54. The number of nitrogens with zero attached hydrogens (tertiary/aromatic N) is 1. The second-order valence-electron chi connectivity index (χ2n) is 9.56. The van der Waals surface area contributed by atoms with Gasteiger partial charge in [-0.15, -0.1) is 0 Å². The van der Waals surface area contributed by atoms with Crippen molar-refractivity contribution in [2.45, 2.75) is 111 Å². The minimum Gasteiger partial charge on any atom is -0.465 e. The van der Waals surface area contributed by atoms with Crippen molar-refractivity contribution in [3.8, 4) is 0 Å². The van der Waals surface area contributed by atoms with Crippen molar-refractivity contribution < 1.29 is 23.8 Å². The molecule has 0 amide bonds. The van der Waals surface area contributed by atoms with Gasteiger partial charge in [-0.05, 0) is 58.0 Å². The average Bonchev–Trinajstić information content (AvgIpc) is 2.88. The molecule has 1 atom stereocenters. The topological polar surface area (TPSA) is 65.1 Å². The highest BCUT2D eigenvalue weighted by Crippen LogP contribution is 2.09. The third-order valence-electron chi connectivity index (χ3n) is 6.08.